The number of morpholine rings is 1. The summed E-state index contributed by atoms with van der Waals surface area (Å²) in [7, 11) is -2.29. The Morgan fingerprint density at radius 1 is 1.21 bits per heavy atom. The van der Waals surface area contributed by atoms with E-state index in [2.05, 4.69) is 26.1 Å². The van der Waals surface area contributed by atoms with Crippen LogP contribution >= 0.6 is 0 Å². The van der Waals surface area contributed by atoms with Crippen LogP contribution in [-0.2, 0) is 19.5 Å². The van der Waals surface area contributed by atoms with Gasteiger partial charge in [-0.15, -0.1) is 0 Å². The van der Waals surface area contributed by atoms with Crippen molar-refractivity contribution in [2.45, 2.75) is 51.0 Å². The average Bonchev–Trinajstić information content (AvgIpc) is 3.28. The molecule has 3 fully saturated rings. The second-order valence-electron chi connectivity index (χ2n) is 10.3. The predicted octanol–water partition coefficient (Wildman–Crippen LogP) is 2.68. The van der Waals surface area contributed by atoms with Crippen molar-refractivity contribution in [3.05, 3.63) is 23.8 Å². The lowest BCUT2D eigenvalue weighted by Gasteiger charge is -2.43. The van der Waals surface area contributed by atoms with Crippen molar-refractivity contribution in [1.82, 2.24) is 9.62 Å². The Kier molecular flexibility index (Phi) is 6.79. The molecule has 2 aliphatic carbocycles. The zero-order valence-electron chi connectivity index (χ0n) is 20.1. The number of carbonyl (C=O) groups is 1. The second-order valence-corrected chi connectivity index (χ2v) is 12.2. The summed E-state index contributed by atoms with van der Waals surface area (Å²) in [6.45, 7) is 8.49. The molecule has 1 N–H and O–H groups in total. The van der Waals surface area contributed by atoms with Crippen molar-refractivity contribution in [2.75, 3.05) is 46.6 Å². The molecular weight excluding hydrogens is 444 g/mol. The largest absolute Gasteiger partial charge is 0.490 e. The predicted molar refractivity (Wildman–Crippen MR) is 124 cm³/mol. The van der Waals surface area contributed by atoms with E-state index in [-0.39, 0.29) is 53.1 Å². The number of hydrogen-bond acceptors (Lipinski definition) is 6. The lowest BCUT2D eigenvalue weighted by atomic mass is 9.68. The Balaban J connectivity index is 1.62. The lowest BCUT2D eigenvalue weighted by molar-refractivity contribution is 0.0727. The molecule has 0 aromatic heterocycles. The van der Waals surface area contributed by atoms with Crippen molar-refractivity contribution in [3.63, 3.8) is 0 Å². The smallest absolute Gasteiger partial charge is 0.251 e. The minimum atomic E-state index is -3.85. The van der Waals surface area contributed by atoms with E-state index in [1.54, 1.807) is 19.2 Å². The fourth-order valence-corrected chi connectivity index (χ4v) is 7.57. The molecule has 33 heavy (non-hydrogen) atoms. The molecule has 9 heteroatoms. The van der Waals surface area contributed by atoms with Crippen molar-refractivity contribution >= 4 is 15.9 Å². The molecule has 2 saturated carbocycles. The van der Waals surface area contributed by atoms with Gasteiger partial charge in [-0.2, -0.15) is 4.31 Å². The first-order valence-corrected chi connectivity index (χ1v) is 13.2. The summed E-state index contributed by atoms with van der Waals surface area (Å²) in [6, 6.07) is 4.71. The molecule has 0 radical (unpaired) electrons. The first-order chi connectivity index (χ1) is 15.6. The summed E-state index contributed by atoms with van der Waals surface area (Å²) in [5.41, 5.74) is 0.410. The summed E-state index contributed by atoms with van der Waals surface area (Å²) < 4.78 is 44.3. The van der Waals surface area contributed by atoms with E-state index in [1.807, 2.05) is 0 Å². The number of rotatable bonds is 8. The van der Waals surface area contributed by atoms with E-state index in [0.29, 0.717) is 31.3 Å². The number of amides is 1. The van der Waals surface area contributed by atoms with E-state index in [9.17, 15) is 13.2 Å². The van der Waals surface area contributed by atoms with Crippen LogP contribution in [0.25, 0.3) is 0 Å². The van der Waals surface area contributed by atoms with E-state index >= 15 is 0 Å². The number of nitrogens with one attached hydrogen (secondary N) is 1. The van der Waals surface area contributed by atoms with Gasteiger partial charge in [0.05, 0.1) is 19.8 Å². The van der Waals surface area contributed by atoms with E-state index in [1.165, 1.54) is 16.8 Å². The van der Waals surface area contributed by atoms with Crippen LogP contribution in [-0.4, -0.2) is 71.3 Å². The third kappa shape index (κ3) is 4.52. The minimum absolute atomic E-state index is 0.00608. The van der Waals surface area contributed by atoms with Gasteiger partial charge in [-0.25, -0.2) is 8.42 Å². The number of ether oxygens (including phenoxy) is 3. The lowest BCUT2D eigenvalue weighted by Crippen LogP contribution is -2.52. The Bertz CT molecular complexity index is 984. The van der Waals surface area contributed by atoms with Crippen LogP contribution in [0.15, 0.2) is 23.1 Å². The fraction of sp³-hybridized carbons (Fsp3) is 0.708. The van der Waals surface area contributed by atoms with Gasteiger partial charge >= 0.3 is 0 Å². The van der Waals surface area contributed by atoms with Gasteiger partial charge < -0.3 is 19.5 Å². The van der Waals surface area contributed by atoms with Crippen LogP contribution in [0.2, 0.25) is 0 Å². The molecule has 3 atom stereocenters. The van der Waals surface area contributed by atoms with Gasteiger partial charge in [0, 0.05) is 31.8 Å². The van der Waals surface area contributed by atoms with Gasteiger partial charge in [0.2, 0.25) is 10.0 Å². The Morgan fingerprint density at radius 3 is 2.58 bits per heavy atom. The maximum atomic E-state index is 13.4. The molecule has 1 saturated heterocycles. The van der Waals surface area contributed by atoms with Crippen LogP contribution in [0, 0.1) is 16.7 Å². The van der Waals surface area contributed by atoms with Gasteiger partial charge in [-0.05, 0) is 54.2 Å². The van der Waals surface area contributed by atoms with Crippen molar-refractivity contribution in [2.24, 2.45) is 16.7 Å². The Hall–Kier alpha value is -1.68. The molecule has 2 bridgehead atoms. The average molecular weight is 481 g/mol. The molecule has 8 nitrogen and oxygen atoms in total. The third-order valence-corrected chi connectivity index (χ3v) is 9.80. The highest BCUT2D eigenvalue weighted by Crippen LogP contribution is 2.62. The van der Waals surface area contributed by atoms with Gasteiger partial charge in [0.1, 0.15) is 17.3 Å². The molecule has 1 aromatic rings. The molecule has 1 aromatic carbocycles. The summed E-state index contributed by atoms with van der Waals surface area (Å²) in [4.78, 5) is 13.3. The van der Waals surface area contributed by atoms with Gasteiger partial charge in [0.15, 0.2) is 0 Å². The van der Waals surface area contributed by atoms with Crippen molar-refractivity contribution < 1.29 is 27.4 Å². The molecule has 184 valence electrons. The molecule has 4 rings (SSSR count). The molecule has 1 amide bonds. The van der Waals surface area contributed by atoms with Crippen molar-refractivity contribution in [3.8, 4) is 5.75 Å². The van der Waals surface area contributed by atoms with Crippen LogP contribution < -0.4 is 10.1 Å². The maximum Gasteiger partial charge on any atom is 0.251 e. The summed E-state index contributed by atoms with van der Waals surface area (Å²) >= 11 is 0. The Labute approximate surface area is 197 Å². The Morgan fingerprint density at radius 2 is 1.94 bits per heavy atom. The maximum absolute atomic E-state index is 13.4. The van der Waals surface area contributed by atoms with Crippen LogP contribution in [0.5, 0.6) is 5.75 Å². The van der Waals surface area contributed by atoms with E-state index in [4.69, 9.17) is 14.2 Å². The molecule has 3 aliphatic rings. The highest BCUT2D eigenvalue weighted by atomic mass is 32.2. The number of fused-ring (bicyclic) bond motifs is 2. The summed E-state index contributed by atoms with van der Waals surface area (Å²) in [5, 5.41) is 3.26. The molecule has 1 aliphatic heterocycles. The van der Waals surface area contributed by atoms with Gasteiger partial charge in [-0.3, -0.25) is 4.79 Å². The number of hydrogen-bond donors (Lipinski definition) is 1. The zero-order valence-corrected chi connectivity index (χ0v) is 20.9. The normalized spacial score (nSPS) is 29.2. The van der Waals surface area contributed by atoms with Crippen LogP contribution in [0.1, 0.15) is 50.4 Å². The van der Waals surface area contributed by atoms with Gasteiger partial charge in [-0.1, -0.05) is 20.8 Å². The number of benzene rings is 1. The van der Waals surface area contributed by atoms with Crippen LogP contribution in [0.4, 0.5) is 0 Å². The second kappa shape index (κ2) is 9.17. The van der Waals surface area contributed by atoms with E-state index < -0.39 is 10.0 Å². The van der Waals surface area contributed by atoms with E-state index in [0.717, 1.165) is 12.8 Å². The van der Waals surface area contributed by atoms with Crippen LogP contribution in [0.3, 0.4) is 0 Å². The highest BCUT2D eigenvalue weighted by molar-refractivity contribution is 7.89. The quantitative estimate of drug-likeness (QED) is 0.575. The number of methoxy groups -OCH3 is 1. The fourth-order valence-electron chi connectivity index (χ4n) is 6.01. The molecule has 1 heterocycles. The minimum Gasteiger partial charge on any atom is -0.490 e. The SMILES string of the molecule is COCCOc1ccc(C(=O)NC2C3(C)CC[C@H](C3)C2(C)C)cc1S(=O)(=O)N1CCOCC1. The standard InChI is InChI=1S/C24H36N2O6S/c1-23(2)18-7-8-24(3,16-18)22(23)25-21(27)17-5-6-19(32-14-13-30-4)20(15-17)33(28,29)26-9-11-31-12-10-26/h5-6,15,18,22H,7-14,16H2,1-4H3,(H,25,27)/t18-,22?,24?/m1/s1. The first-order valence-electron chi connectivity index (χ1n) is 11.7. The topological polar surface area (TPSA) is 94.2 Å². The third-order valence-electron chi connectivity index (χ3n) is 7.88. The zero-order chi connectivity index (χ0) is 23.9. The van der Waals surface area contributed by atoms with Crippen molar-refractivity contribution in [1.29, 1.82) is 0 Å². The number of nitrogens with zero attached hydrogens (tertiary/aromatic N) is 1. The number of carbonyl (C=O) groups excluding carboxylic acids is 1. The molecule has 0 spiro atoms. The number of sulfonamides is 1. The monoisotopic (exact) mass is 480 g/mol. The summed E-state index contributed by atoms with van der Waals surface area (Å²) in [5.74, 6) is 0.577. The first kappa shape index (κ1) is 24.4. The van der Waals surface area contributed by atoms with Gasteiger partial charge in [0.25, 0.3) is 5.91 Å². The highest BCUT2D eigenvalue weighted by Gasteiger charge is 2.59. The molecule has 2 unspecified atom stereocenters. The summed E-state index contributed by atoms with van der Waals surface area (Å²) in [6.07, 6.45) is 3.42. The molecular formula is C24H36N2O6S.